The smallest absolute Gasteiger partial charge is 0.0920 e. The molecule has 8 aromatic rings. The van der Waals surface area contributed by atoms with E-state index < -0.39 is 0 Å². The Morgan fingerprint density at radius 2 is 0.948 bits per heavy atom. The molecule has 0 bridgehead atoms. The fraction of sp³-hybridized carbons (Fsp3) is 0.250. The van der Waals surface area contributed by atoms with Gasteiger partial charge in [0.1, 0.15) is 0 Å². The summed E-state index contributed by atoms with van der Waals surface area (Å²) in [5.41, 5.74) is 14.2. The maximum absolute atomic E-state index is 3.31. The minimum Gasteiger partial charge on any atom is -0.184 e. The monoisotopic (exact) mass is 937 g/mol. The van der Waals surface area contributed by atoms with Gasteiger partial charge in [-0.2, -0.15) is 41.6 Å². The average Bonchev–Trinajstić information content (AvgIpc) is 3.98. The molecule has 0 aromatic heterocycles. The van der Waals surface area contributed by atoms with Gasteiger partial charge >= 0.3 is 0 Å². The summed E-state index contributed by atoms with van der Waals surface area (Å²) < 4.78 is 0. The van der Waals surface area contributed by atoms with Crippen molar-refractivity contribution in [1.82, 2.24) is 0 Å². The minimum absolute atomic E-state index is 0. The number of fused-ring (bicyclic) bond motifs is 5. The van der Waals surface area contributed by atoms with Gasteiger partial charge < -0.3 is 0 Å². The first kappa shape index (κ1) is 43.2. The van der Waals surface area contributed by atoms with Gasteiger partial charge in [-0.25, -0.2) is 0 Å². The number of benzene rings is 6. The molecule has 58 heavy (non-hydrogen) atoms. The predicted molar refractivity (Wildman–Crippen MR) is 251 cm³/mol. The van der Waals surface area contributed by atoms with Gasteiger partial charge in [0.25, 0.3) is 0 Å². The Kier molecular flexibility index (Phi) is 15.3. The first-order chi connectivity index (χ1) is 27.9. The van der Waals surface area contributed by atoms with Crippen LogP contribution < -0.4 is 10.4 Å². The third kappa shape index (κ3) is 9.56. The van der Waals surface area contributed by atoms with E-state index in [9.17, 15) is 0 Å². The fourth-order valence-electron chi connectivity index (χ4n) is 8.44. The molecule has 1 heterocycles. The molecule has 0 aliphatic carbocycles. The molecule has 0 nitrogen and oxygen atoms in total. The molecule has 2 atom stereocenters. The van der Waals surface area contributed by atoms with Crippen LogP contribution in [0.2, 0.25) is 0 Å². The van der Waals surface area contributed by atoms with E-state index in [0.717, 1.165) is 9.52 Å². The van der Waals surface area contributed by atoms with Crippen LogP contribution in [0.3, 0.4) is 0 Å². The summed E-state index contributed by atoms with van der Waals surface area (Å²) in [6, 6.07) is 58.9. The molecule has 2 unspecified atom stereocenters. The molecule has 0 spiro atoms. The zero-order chi connectivity index (χ0) is 39.7. The molecule has 2 radical (unpaired) electrons. The second kappa shape index (κ2) is 20.5. The van der Waals surface area contributed by atoms with E-state index in [1.54, 1.807) is 0 Å². The van der Waals surface area contributed by atoms with Gasteiger partial charge in [-0.1, -0.05) is 161 Å². The molecule has 1 aliphatic rings. The van der Waals surface area contributed by atoms with Crippen LogP contribution in [-0.2, 0) is 38.7 Å². The van der Waals surface area contributed by atoms with E-state index in [4.69, 9.17) is 0 Å². The topological polar surface area (TPSA) is 0 Å². The summed E-state index contributed by atoms with van der Waals surface area (Å²) in [6.45, 7) is 13.7. The van der Waals surface area contributed by atoms with Crippen molar-refractivity contribution in [3.63, 3.8) is 0 Å². The number of rotatable bonds is 10. The first-order valence-corrected chi connectivity index (χ1v) is 22.4. The minimum atomic E-state index is 0. The van der Waals surface area contributed by atoms with Crippen molar-refractivity contribution in [2.24, 2.45) is 0 Å². The Balaban J connectivity index is 0.000000150. The SMILES string of the molecule is CCCc1cc2c(-c3ccccc3C(C)CC)cccc2[cH-]1.CCCc1cc2c(-c3ccccc3C(C)CC)cccc2[cH-]1.[Hf].[c-]1cccc2c1[Si]c1ccccc1-2. The third-order valence-electron chi connectivity index (χ3n) is 11.8. The number of aryl methyl sites for hydroxylation is 2. The van der Waals surface area contributed by atoms with E-state index in [0.29, 0.717) is 11.8 Å². The first-order valence-electron chi connectivity index (χ1n) is 21.4. The molecule has 2 heteroatoms. The van der Waals surface area contributed by atoms with Gasteiger partial charge in [0.15, 0.2) is 0 Å². The summed E-state index contributed by atoms with van der Waals surface area (Å²) in [7, 11) is 0.795. The maximum Gasteiger partial charge on any atom is 0.0920 e. The third-order valence-corrected chi connectivity index (χ3v) is 13.2. The van der Waals surface area contributed by atoms with E-state index >= 15 is 0 Å². The van der Waals surface area contributed by atoms with Crippen molar-refractivity contribution in [2.75, 3.05) is 0 Å². The summed E-state index contributed by atoms with van der Waals surface area (Å²) in [4.78, 5) is 0. The molecule has 0 N–H and O–H groups in total. The molecular formula is C56H57HfSi-3. The summed E-state index contributed by atoms with van der Waals surface area (Å²) in [6.07, 6.45) is 7.09. The summed E-state index contributed by atoms with van der Waals surface area (Å²) in [5, 5.41) is 8.38. The quantitative estimate of drug-likeness (QED) is 0.0947. The van der Waals surface area contributed by atoms with Gasteiger partial charge in [-0.15, -0.1) is 74.6 Å². The second-order valence-electron chi connectivity index (χ2n) is 15.8. The van der Waals surface area contributed by atoms with Gasteiger partial charge in [0, 0.05) is 25.8 Å². The molecule has 8 aromatic carbocycles. The molecule has 1 aliphatic heterocycles. The molecule has 0 saturated heterocycles. The van der Waals surface area contributed by atoms with Crippen molar-refractivity contribution in [1.29, 1.82) is 0 Å². The normalized spacial score (nSPS) is 12.4. The van der Waals surface area contributed by atoms with Crippen LogP contribution in [0, 0.1) is 6.07 Å². The standard InChI is InChI=1S/2C22H25.C12H7Si.Hf/c2*1-4-9-17-14-18-10-8-13-21(22(18)15-17)20-12-7-6-11-19(20)16(3)5-2;1-3-7-11-9(5-1)10-6-2-4-8-12(10)13-11;/h2*6-8,10-16H,4-5,9H2,1-3H3;1-7H;/q3*-1;. The van der Waals surface area contributed by atoms with Gasteiger partial charge in [0.2, 0.25) is 0 Å². The molecule has 0 amide bonds. The predicted octanol–water partition coefficient (Wildman–Crippen LogP) is 14.5. The fourth-order valence-corrected chi connectivity index (χ4v) is 9.75. The maximum atomic E-state index is 3.31. The van der Waals surface area contributed by atoms with Crippen molar-refractivity contribution in [2.45, 2.75) is 91.9 Å². The Labute approximate surface area is 370 Å². The van der Waals surface area contributed by atoms with Crippen LogP contribution in [0.15, 0.2) is 152 Å². The van der Waals surface area contributed by atoms with E-state index in [1.165, 1.54) is 126 Å². The summed E-state index contributed by atoms with van der Waals surface area (Å²) in [5.74, 6) is 1.19. The second-order valence-corrected chi connectivity index (χ2v) is 17.1. The van der Waals surface area contributed by atoms with Crippen molar-refractivity contribution in [3.8, 4) is 33.4 Å². The van der Waals surface area contributed by atoms with Gasteiger partial charge in [0.05, 0.1) is 9.52 Å². The van der Waals surface area contributed by atoms with Crippen LogP contribution in [0.1, 0.15) is 101 Å². The Morgan fingerprint density at radius 3 is 1.45 bits per heavy atom. The molecule has 0 saturated carbocycles. The zero-order valence-corrected chi connectivity index (χ0v) is 39.9. The van der Waals surface area contributed by atoms with Crippen LogP contribution in [-0.4, -0.2) is 9.52 Å². The van der Waals surface area contributed by atoms with E-state index in [-0.39, 0.29) is 25.8 Å². The summed E-state index contributed by atoms with van der Waals surface area (Å²) >= 11 is 0. The van der Waals surface area contributed by atoms with Crippen LogP contribution >= 0.6 is 0 Å². The molecule has 292 valence electrons. The van der Waals surface area contributed by atoms with Crippen LogP contribution in [0.5, 0.6) is 0 Å². The number of hydrogen-bond donors (Lipinski definition) is 0. The molecule has 0 fully saturated rings. The van der Waals surface area contributed by atoms with Crippen molar-refractivity contribution < 1.29 is 25.8 Å². The Morgan fingerprint density at radius 1 is 0.500 bits per heavy atom. The molecular weight excluding hydrogens is 879 g/mol. The van der Waals surface area contributed by atoms with Crippen molar-refractivity contribution in [3.05, 3.63) is 180 Å². The zero-order valence-electron chi connectivity index (χ0n) is 35.3. The Hall–Kier alpha value is -4.37. The van der Waals surface area contributed by atoms with Crippen molar-refractivity contribution >= 4 is 41.4 Å². The van der Waals surface area contributed by atoms with Crippen LogP contribution in [0.4, 0.5) is 0 Å². The average molecular weight is 937 g/mol. The van der Waals surface area contributed by atoms with Gasteiger partial charge in [-0.05, 0) is 59.8 Å². The van der Waals surface area contributed by atoms with Gasteiger partial charge in [-0.3, -0.25) is 0 Å². The van der Waals surface area contributed by atoms with E-state index in [1.807, 2.05) is 6.07 Å². The Bertz CT molecular complexity index is 2370. The van der Waals surface area contributed by atoms with E-state index in [2.05, 4.69) is 193 Å². The largest absolute Gasteiger partial charge is 0.184 e. The number of hydrogen-bond acceptors (Lipinski definition) is 0. The van der Waals surface area contributed by atoms with Crippen LogP contribution in [0.25, 0.3) is 54.9 Å². The molecule has 9 rings (SSSR count).